The van der Waals surface area contributed by atoms with E-state index in [-0.39, 0.29) is 12.1 Å². The fraction of sp³-hybridized carbons (Fsp3) is 0.300. The van der Waals surface area contributed by atoms with Gasteiger partial charge in [-0.25, -0.2) is 13.6 Å². The molecule has 0 fully saturated rings. The molecule has 0 bridgehead atoms. The van der Waals surface area contributed by atoms with Gasteiger partial charge in [-0.15, -0.1) is 0 Å². The van der Waals surface area contributed by atoms with Crippen LogP contribution in [0.4, 0.5) is 14.5 Å². The quantitative estimate of drug-likeness (QED) is 0.836. The summed E-state index contributed by atoms with van der Waals surface area (Å²) in [7, 11) is 1.53. The normalized spacial score (nSPS) is 10.4. The van der Waals surface area contributed by atoms with Crippen LogP contribution in [0.15, 0.2) is 24.3 Å². The van der Waals surface area contributed by atoms with Gasteiger partial charge < -0.3 is 10.0 Å². The summed E-state index contributed by atoms with van der Waals surface area (Å²) in [4.78, 5) is 11.9. The van der Waals surface area contributed by atoms with Crippen molar-refractivity contribution in [3.05, 3.63) is 29.8 Å². The lowest BCUT2D eigenvalue weighted by atomic mass is 10.2. The molecule has 1 aromatic rings. The van der Waals surface area contributed by atoms with E-state index in [0.717, 1.165) is 0 Å². The third-order valence-electron chi connectivity index (χ3n) is 1.97. The van der Waals surface area contributed by atoms with Crippen molar-refractivity contribution >= 4 is 11.7 Å². The molecule has 1 aromatic carbocycles. The van der Waals surface area contributed by atoms with Crippen molar-refractivity contribution in [2.24, 2.45) is 0 Å². The van der Waals surface area contributed by atoms with E-state index < -0.39 is 12.4 Å². The zero-order valence-electron chi connectivity index (χ0n) is 8.15. The molecule has 15 heavy (non-hydrogen) atoms. The first-order valence-corrected chi connectivity index (χ1v) is 4.33. The average Bonchev–Trinajstić information content (AvgIpc) is 2.17. The van der Waals surface area contributed by atoms with Crippen molar-refractivity contribution in [1.82, 2.24) is 0 Å². The van der Waals surface area contributed by atoms with Gasteiger partial charge in [0, 0.05) is 12.7 Å². The third-order valence-corrected chi connectivity index (χ3v) is 1.97. The summed E-state index contributed by atoms with van der Waals surface area (Å²) in [5.41, 5.74) is 0.712. The van der Waals surface area contributed by atoms with Crippen LogP contribution < -0.4 is 4.90 Å². The first-order valence-electron chi connectivity index (χ1n) is 4.33. The summed E-state index contributed by atoms with van der Waals surface area (Å²) in [6.45, 7) is -0.369. The molecule has 0 spiro atoms. The second-order valence-corrected chi connectivity index (χ2v) is 3.12. The van der Waals surface area contributed by atoms with Gasteiger partial charge in [-0.3, -0.25) is 0 Å². The van der Waals surface area contributed by atoms with Gasteiger partial charge in [-0.05, 0) is 24.3 Å². The topological polar surface area (TPSA) is 40.5 Å². The van der Waals surface area contributed by atoms with Crippen LogP contribution in [0.5, 0.6) is 0 Å². The molecule has 0 aliphatic carbocycles. The highest BCUT2D eigenvalue weighted by atomic mass is 19.3. The summed E-state index contributed by atoms with van der Waals surface area (Å²) >= 11 is 0. The number of rotatable bonds is 4. The molecule has 3 nitrogen and oxygen atoms in total. The molecular weight excluding hydrogens is 204 g/mol. The van der Waals surface area contributed by atoms with Gasteiger partial charge in [-0.1, -0.05) is 0 Å². The Morgan fingerprint density at radius 3 is 2.33 bits per heavy atom. The van der Waals surface area contributed by atoms with Crippen molar-refractivity contribution in [2.75, 3.05) is 18.5 Å². The SMILES string of the molecule is CN(CC(F)F)c1ccc(C(=O)O)cc1. The molecule has 0 saturated heterocycles. The van der Waals surface area contributed by atoms with Crippen molar-refractivity contribution in [3.8, 4) is 0 Å². The number of hydrogen-bond donors (Lipinski definition) is 1. The minimum Gasteiger partial charge on any atom is -0.478 e. The van der Waals surface area contributed by atoms with Gasteiger partial charge >= 0.3 is 5.97 Å². The zero-order chi connectivity index (χ0) is 11.4. The van der Waals surface area contributed by atoms with Crippen LogP contribution in [0.2, 0.25) is 0 Å². The Balaban J connectivity index is 2.75. The molecule has 0 aliphatic rings. The first kappa shape index (κ1) is 11.4. The Hall–Kier alpha value is -1.65. The number of carboxylic acid groups (broad SMARTS) is 1. The molecule has 5 heteroatoms. The number of carboxylic acids is 1. The van der Waals surface area contributed by atoms with Crippen molar-refractivity contribution in [3.63, 3.8) is 0 Å². The van der Waals surface area contributed by atoms with Crippen LogP contribution in [0.25, 0.3) is 0 Å². The van der Waals surface area contributed by atoms with Crippen molar-refractivity contribution in [2.45, 2.75) is 6.43 Å². The minimum absolute atomic E-state index is 0.143. The second kappa shape index (κ2) is 4.72. The molecule has 82 valence electrons. The van der Waals surface area contributed by atoms with E-state index in [9.17, 15) is 13.6 Å². The van der Waals surface area contributed by atoms with Crippen LogP contribution in [0.3, 0.4) is 0 Å². The highest BCUT2D eigenvalue weighted by Crippen LogP contribution is 2.14. The van der Waals surface area contributed by atoms with Crippen LogP contribution >= 0.6 is 0 Å². The van der Waals surface area contributed by atoms with Crippen LogP contribution in [0, 0.1) is 0 Å². The largest absolute Gasteiger partial charge is 0.478 e. The van der Waals surface area contributed by atoms with Gasteiger partial charge in [0.2, 0.25) is 0 Å². The Morgan fingerprint density at radius 2 is 1.93 bits per heavy atom. The highest BCUT2D eigenvalue weighted by Gasteiger charge is 2.09. The molecule has 0 heterocycles. The van der Waals surface area contributed by atoms with Crippen molar-refractivity contribution < 1.29 is 18.7 Å². The van der Waals surface area contributed by atoms with Crippen LogP contribution in [-0.2, 0) is 0 Å². The summed E-state index contributed by atoms with van der Waals surface area (Å²) in [6.07, 6.45) is -2.41. The summed E-state index contributed by atoms with van der Waals surface area (Å²) in [6, 6.07) is 5.79. The molecule has 0 aromatic heterocycles. The molecule has 0 unspecified atom stereocenters. The maximum absolute atomic E-state index is 12.0. The van der Waals surface area contributed by atoms with E-state index in [4.69, 9.17) is 5.11 Å². The average molecular weight is 215 g/mol. The number of benzene rings is 1. The van der Waals surface area contributed by atoms with Gasteiger partial charge in [0.25, 0.3) is 6.43 Å². The van der Waals surface area contributed by atoms with E-state index in [0.29, 0.717) is 5.69 Å². The van der Waals surface area contributed by atoms with Gasteiger partial charge in [0.1, 0.15) is 0 Å². The van der Waals surface area contributed by atoms with Gasteiger partial charge in [0.05, 0.1) is 12.1 Å². The summed E-state index contributed by atoms with van der Waals surface area (Å²) < 4.78 is 24.1. The Labute approximate surface area is 85.9 Å². The maximum Gasteiger partial charge on any atom is 0.335 e. The summed E-state index contributed by atoms with van der Waals surface area (Å²) in [5.74, 6) is -1.03. The Morgan fingerprint density at radius 1 is 1.40 bits per heavy atom. The second-order valence-electron chi connectivity index (χ2n) is 3.12. The summed E-state index contributed by atoms with van der Waals surface area (Å²) in [5, 5.41) is 8.63. The molecular formula is C10H11F2NO2. The zero-order valence-corrected chi connectivity index (χ0v) is 8.15. The molecule has 0 radical (unpaired) electrons. The molecule has 0 atom stereocenters. The number of nitrogens with zero attached hydrogens (tertiary/aromatic N) is 1. The maximum atomic E-state index is 12.0. The van der Waals surface area contributed by atoms with E-state index in [2.05, 4.69) is 0 Å². The van der Waals surface area contributed by atoms with Gasteiger partial charge in [0.15, 0.2) is 0 Å². The van der Waals surface area contributed by atoms with Gasteiger partial charge in [-0.2, -0.15) is 0 Å². The monoisotopic (exact) mass is 215 g/mol. The molecule has 1 N–H and O–H groups in total. The lowest BCUT2D eigenvalue weighted by Gasteiger charge is -2.18. The number of alkyl halides is 2. The van der Waals surface area contributed by atoms with E-state index >= 15 is 0 Å². The Kier molecular flexibility index (Phi) is 3.60. The van der Waals surface area contributed by atoms with E-state index in [1.54, 1.807) is 0 Å². The third kappa shape index (κ3) is 3.19. The van der Waals surface area contributed by atoms with Crippen LogP contribution in [0.1, 0.15) is 10.4 Å². The highest BCUT2D eigenvalue weighted by molar-refractivity contribution is 5.88. The minimum atomic E-state index is -2.41. The fourth-order valence-corrected chi connectivity index (χ4v) is 1.17. The standard InChI is InChI=1S/C10H11F2NO2/c1-13(6-9(11)12)8-4-2-7(3-5-8)10(14)15/h2-5,9H,6H2,1H3,(H,14,15). The number of anilines is 1. The number of hydrogen-bond acceptors (Lipinski definition) is 2. The molecule has 0 amide bonds. The number of aromatic carboxylic acids is 1. The molecule has 1 rings (SSSR count). The molecule has 0 aliphatic heterocycles. The lowest BCUT2D eigenvalue weighted by Crippen LogP contribution is -2.23. The smallest absolute Gasteiger partial charge is 0.335 e. The predicted octanol–water partition coefficient (Wildman–Crippen LogP) is 2.09. The number of halogens is 2. The van der Waals surface area contributed by atoms with E-state index in [1.165, 1.54) is 36.2 Å². The van der Waals surface area contributed by atoms with Crippen molar-refractivity contribution in [1.29, 1.82) is 0 Å². The van der Waals surface area contributed by atoms with E-state index in [1.807, 2.05) is 0 Å². The molecule has 0 saturated carbocycles. The van der Waals surface area contributed by atoms with Crippen LogP contribution in [-0.4, -0.2) is 31.1 Å². The predicted molar refractivity (Wildman–Crippen MR) is 52.7 cm³/mol. The Bertz CT molecular complexity index is 338. The number of carbonyl (C=O) groups is 1. The lowest BCUT2D eigenvalue weighted by molar-refractivity contribution is 0.0697. The first-order chi connectivity index (χ1) is 7.00. The fourth-order valence-electron chi connectivity index (χ4n) is 1.17.